The van der Waals surface area contributed by atoms with Gasteiger partial charge in [0.1, 0.15) is 0 Å². The minimum Gasteiger partial charge on any atom is -0.462 e. The van der Waals surface area contributed by atoms with Gasteiger partial charge >= 0.3 is 5.97 Å². The van der Waals surface area contributed by atoms with E-state index >= 15 is 0 Å². The molecular formula is C19H27ClN2O3S. The molecule has 0 aromatic heterocycles. The molecule has 0 bridgehead atoms. The van der Waals surface area contributed by atoms with Crippen LogP contribution in [0.1, 0.15) is 55.8 Å². The Labute approximate surface area is 165 Å². The summed E-state index contributed by atoms with van der Waals surface area (Å²) in [7, 11) is 0. The number of nitrogens with one attached hydrogen (secondary N) is 2. The lowest BCUT2D eigenvalue weighted by atomic mass is 9.98. The normalized spacial score (nSPS) is 14.7. The predicted molar refractivity (Wildman–Crippen MR) is 109 cm³/mol. The molecule has 1 aromatic rings. The number of carbonyl (C=O) groups is 1. The van der Waals surface area contributed by atoms with Gasteiger partial charge in [0.05, 0.1) is 23.3 Å². The van der Waals surface area contributed by atoms with Crippen molar-refractivity contribution in [2.24, 2.45) is 0 Å². The average Bonchev–Trinajstić information content (AvgIpc) is 2.62. The van der Waals surface area contributed by atoms with Gasteiger partial charge in [0.15, 0.2) is 5.11 Å². The molecule has 0 spiro atoms. The minimum absolute atomic E-state index is 0.313. The monoisotopic (exact) mass is 398 g/mol. The van der Waals surface area contributed by atoms with Crippen molar-refractivity contribution in [3.8, 4) is 0 Å². The summed E-state index contributed by atoms with van der Waals surface area (Å²) in [6.07, 6.45) is 7.63. The average molecular weight is 399 g/mol. The molecular weight excluding hydrogens is 372 g/mol. The van der Waals surface area contributed by atoms with Crippen LogP contribution in [0.3, 0.4) is 0 Å². The van der Waals surface area contributed by atoms with Crippen molar-refractivity contribution in [3.05, 3.63) is 28.8 Å². The summed E-state index contributed by atoms with van der Waals surface area (Å²) in [6, 6.07) is 5.04. The van der Waals surface area contributed by atoms with Crippen LogP contribution in [0, 0.1) is 0 Å². The van der Waals surface area contributed by atoms with Crippen LogP contribution in [-0.4, -0.2) is 36.9 Å². The molecule has 0 atom stereocenters. The summed E-state index contributed by atoms with van der Waals surface area (Å²) in [4.78, 5) is 11.7. The lowest BCUT2D eigenvalue weighted by molar-refractivity contribution is 0.0277. The number of esters is 1. The van der Waals surface area contributed by atoms with Gasteiger partial charge in [-0.1, -0.05) is 30.9 Å². The van der Waals surface area contributed by atoms with Crippen LogP contribution in [0.5, 0.6) is 0 Å². The Bertz CT molecular complexity index is 606. The van der Waals surface area contributed by atoms with E-state index in [9.17, 15) is 4.79 Å². The van der Waals surface area contributed by atoms with Gasteiger partial charge in [0.25, 0.3) is 0 Å². The Hall–Kier alpha value is -1.37. The van der Waals surface area contributed by atoms with Crippen molar-refractivity contribution in [3.63, 3.8) is 0 Å². The molecule has 2 rings (SSSR count). The highest BCUT2D eigenvalue weighted by atomic mass is 35.5. The number of ether oxygens (including phenoxy) is 2. The van der Waals surface area contributed by atoms with Crippen LogP contribution in [0.25, 0.3) is 0 Å². The SMILES string of the molecule is CCOC(=O)c1ccc(NC(=S)NCCCOC2CCCCC2)cc1Cl. The second-order valence-corrected chi connectivity index (χ2v) is 7.10. The molecule has 0 heterocycles. The van der Waals surface area contributed by atoms with Gasteiger partial charge in [-0.3, -0.25) is 0 Å². The van der Waals surface area contributed by atoms with Gasteiger partial charge < -0.3 is 20.1 Å². The molecule has 0 amide bonds. The number of halogens is 1. The predicted octanol–water partition coefficient (Wildman–Crippen LogP) is 4.54. The maximum absolute atomic E-state index is 11.7. The Morgan fingerprint density at radius 1 is 1.31 bits per heavy atom. The van der Waals surface area contributed by atoms with E-state index in [1.165, 1.54) is 32.1 Å². The van der Waals surface area contributed by atoms with Gasteiger partial charge in [0.2, 0.25) is 0 Å². The summed E-state index contributed by atoms with van der Waals surface area (Å²) < 4.78 is 10.8. The molecule has 26 heavy (non-hydrogen) atoms. The summed E-state index contributed by atoms with van der Waals surface area (Å²) in [6.45, 7) is 3.56. The van der Waals surface area contributed by atoms with E-state index in [2.05, 4.69) is 10.6 Å². The van der Waals surface area contributed by atoms with Crippen LogP contribution < -0.4 is 10.6 Å². The standard InChI is InChI=1S/C19H27ClN2O3S/c1-2-24-18(23)16-10-9-14(13-17(16)20)22-19(26)21-11-6-12-25-15-7-4-3-5-8-15/h9-10,13,15H,2-8,11-12H2,1H3,(H2,21,22,26). The van der Waals surface area contributed by atoms with Gasteiger partial charge in [0, 0.05) is 18.8 Å². The zero-order valence-corrected chi connectivity index (χ0v) is 16.8. The van der Waals surface area contributed by atoms with Crippen LogP contribution in [0.15, 0.2) is 18.2 Å². The summed E-state index contributed by atoms with van der Waals surface area (Å²) in [5.41, 5.74) is 1.07. The highest BCUT2D eigenvalue weighted by molar-refractivity contribution is 7.80. The topological polar surface area (TPSA) is 59.6 Å². The fraction of sp³-hybridized carbons (Fsp3) is 0.579. The largest absolute Gasteiger partial charge is 0.462 e. The fourth-order valence-electron chi connectivity index (χ4n) is 2.90. The summed E-state index contributed by atoms with van der Waals surface area (Å²) in [5, 5.41) is 7.06. The number of thiocarbonyl (C=S) groups is 1. The number of anilines is 1. The molecule has 1 aliphatic rings. The van der Waals surface area contributed by atoms with Gasteiger partial charge in [-0.05, 0) is 56.6 Å². The number of rotatable bonds is 8. The molecule has 7 heteroatoms. The molecule has 144 valence electrons. The first kappa shape index (κ1) is 20.9. The van der Waals surface area contributed by atoms with Gasteiger partial charge in [-0.25, -0.2) is 4.79 Å². The van der Waals surface area contributed by atoms with Crippen molar-refractivity contribution in [2.75, 3.05) is 25.1 Å². The van der Waals surface area contributed by atoms with Crippen molar-refractivity contribution < 1.29 is 14.3 Å². The molecule has 0 radical (unpaired) electrons. The van der Waals surface area contributed by atoms with Crippen LogP contribution >= 0.6 is 23.8 Å². The van der Waals surface area contributed by atoms with E-state index in [-0.39, 0.29) is 0 Å². The van der Waals surface area contributed by atoms with Crippen LogP contribution in [0.2, 0.25) is 5.02 Å². The lowest BCUT2D eigenvalue weighted by Gasteiger charge is -2.22. The van der Waals surface area contributed by atoms with E-state index in [1.54, 1.807) is 25.1 Å². The minimum atomic E-state index is -0.428. The van der Waals surface area contributed by atoms with E-state index < -0.39 is 5.97 Å². The quantitative estimate of drug-likeness (QED) is 0.381. The third kappa shape index (κ3) is 7.09. The Morgan fingerprint density at radius 3 is 2.77 bits per heavy atom. The molecule has 1 aliphatic carbocycles. The Balaban J connectivity index is 1.67. The molecule has 1 saturated carbocycles. The maximum Gasteiger partial charge on any atom is 0.339 e. The summed E-state index contributed by atoms with van der Waals surface area (Å²) in [5.74, 6) is -0.428. The van der Waals surface area contributed by atoms with Crippen molar-refractivity contribution in [2.45, 2.75) is 51.6 Å². The highest BCUT2D eigenvalue weighted by Gasteiger charge is 2.13. The number of carbonyl (C=O) groups excluding carboxylic acids is 1. The van der Waals surface area contributed by atoms with Crippen LogP contribution in [-0.2, 0) is 9.47 Å². The Morgan fingerprint density at radius 2 is 2.08 bits per heavy atom. The number of benzene rings is 1. The van der Waals surface area contributed by atoms with Crippen molar-refractivity contribution in [1.82, 2.24) is 5.32 Å². The van der Waals surface area contributed by atoms with E-state index in [0.717, 1.165) is 25.3 Å². The smallest absolute Gasteiger partial charge is 0.339 e. The third-order valence-corrected chi connectivity index (χ3v) is 4.79. The highest BCUT2D eigenvalue weighted by Crippen LogP contribution is 2.22. The van der Waals surface area contributed by atoms with E-state index in [4.69, 9.17) is 33.3 Å². The molecule has 0 aliphatic heterocycles. The zero-order valence-electron chi connectivity index (χ0n) is 15.2. The third-order valence-electron chi connectivity index (χ3n) is 4.23. The first-order valence-corrected chi connectivity index (χ1v) is 10.0. The second kappa shape index (κ2) is 11.4. The number of hydrogen-bond acceptors (Lipinski definition) is 4. The van der Waals surface area contributed by atoms with Crippen molar-refractivity contribution >= 4 is 40.6 Å². The molecule has 1 aromatic carbocycles. The molecule has 0 unspecified atom stereocenters. The summed E-state index contributed by atoms with van der Waals surface area (Å²) >= 11 is 11.4. The first-order valence-electron chi connectivity index (χ1n) is 9.23. The van der Waals surface area contributed by atoms with Crippen molar-refractivity contribution in [1.29, 1.82) is 0 Å². The fourth-order valence-corrected chi connectivity index (χ4v) is 3.38. The molecule has 1 fully saturated rings. The maximum atomic E-state index is 11.7. The molecule has 2 N–H and O–H groups in total. The molecule has 5 nitrogen and oxygen atoms in total. The molecule has 0 saturated heterocycles. The lowest BCUT2D eigenvalue weighted by Crippen LogP contribution is -2.30. The Kier molecular flexibility index (Phi) is 9.15. The second-order valence-electron chi connectivity index (χ2n) is 6.28. The first-order chi connectivity index (χ1) is 12.6. The van der Waals surface area contributed by atoms with E-state index in [0.29, 0.717) is 28.4 Å². The van der Waals surface area contributed by atoms with Gasteiger partial charge in [-0.15, -0.1) is 0 Å². The zero-order chi connectivity index (χ0) is 18.8. The number of hydrogen-bond donors (Lipinski definition) is 2. The van der Waals surface area contributed by atoms with Crippen LogP contribution in [0.4, 0.5) is 5.69 Å². The van der Waals surface area contributed by atoms with E-state index in [1.807, 2.05) is 0 Å². The van der Waals surface area contributed by atoms with Gasteiger partial charge in [-0.2, -0.15) is 0 Å².